The minimum Gasteiger partial charge on any atom is -0.480 e. The summed E-state index contributed by atoms with van der Waals surface area (Å²) < 4.78 is 5.16. The van der Waals surface area contributed by atoms with E-state index in [9.17, 15) is 24.4 Å². The van der Waals surface area contributed by atoms with E-state index >= 15 is 0 Å². The second kappa shape index (κ2) is 11.4. The van der Waals surface area contributed by atoms with Crippen LogP contribution in [0.3, 0.4) is 0 Å². The Hall–Kier alpha value is -3.75. The largest absolute Gasteiger partial charge is 0.480 e. The molecule has 1 heterocycles. The number of aryl methyl sites for hydroxylation is 1. The highest BCUT2D eigenvalue weighted by molar-refractivity contribution is 5.88. The Kier molecular flexibility index (Phi) is 8.34. The number of hydrogen-bond acceptors (Lipinski definition) is 6. The quantitative estimate of drug-likeness (QED) is 0.324. The van der Waals surface area contributed by atoms with E-state index < -0.39 is 36.0 Å². The molecule has 2 aromatic carbocycles. The zero-order valence-electron chi connectivity index (χ0n) is 19.3. The van der Waals surface area contributed by atoms with Gasteiger partial charge >= 0.3 is 11.9 Å². The summed E-state index contributed by atoms with van der Waals surface area (Å²) in [7, 11) is 0. The monoisotopic (exact) mass is 467 g/mol. The summed E-state index contributed by atoms with van der Waals surface area (Å²) in [6.07, 6.45) is 0.831. The first-order chi connectivity index (χ1) is 16.4. The Morgan fingerprint density at radius 3 is 2.38 bits per heavy atom. The number of esters is 1. The lowest BCUT2D eigenvalue weighted by atomic mass is 9.93. The first kappa shape index (κ1) is 24.9. The van der Waals surface area contributed by atoms with E-state index in [0.29, 0.717) is 6.42 Å². The smallest absolute Gasteiger partial charge is 0.330 e. The first-order valence-electron chi connectivity index (χ1n) is 11.3. The zero-order chi connectivity index (χ0) is 24.7. The number of carbonyl (C=O) groups is 3. The number of nitrogens with zero attached hydrogens (tertiary/aromatic N) is 3. The molecular formula is C25H29N3O6. The fourth-order valence-corrected chi connectivity index (χ4v) is 4.27. The van der Waals surface area contributed by atoms with Crippen molar-refractivity contribution in [2.24, 2.45) is 5.29 Å². The number of carboxylic acids is 1. The molecule has 1 N–H and O–H groups in total. The fraction of sp³-hybridized carbons (Fsp3) is 0.400. The third kappa shape index (κ3) is 5.59. The van der Waals surface area contributed by atoms with E-state index in [0.717, 1.165) is 21.7 Å². The van der Waals surface area contributed by atoms with Gasteiger partial charge in [0.1, 0.15) is 18.1 Å². The van der Waals surface area contributed by atoms with Crippen molar-refractivity contribution in [2.75, 3.05) is 6.61 Å². The van der Waals surface area contributed by atoms with Crippen LogP contribution in [0.25, 0.3) is 0 Å². The van der Waals surface area contributed by atoms with Crippen LogP contribution in [0.1, 0.15) is 37.0 Å². The van der Waals surface area contributed by atoms with Gasteiger partial charge in [0.2, 0.25) is 5.91 Å². The second-order valence-electron chi connectivity index (χ2n) is 8.22. The van der Waals surface area contributed by atoms with Crippen molar-refractivity contribution in [1.82, 2.24) is 9.91 Å². The molecule has 34 heavy (non-hydrogen) atoms. The van der Waals surface area contributed by atoms with E-state index in [1.165, 1.54) is 11.8 Å². The minimum atomic E-state index is -1.16. The van der Waals surface area contributed by atoms with Crippen LogP contribution in [-0.2, 0) is 38.5 Å². The van der Waals surface area contributed by atoms with Gasteiger partial charge < -0.3 is 14.7 Å². The zero-order valence-corrected chi connectivity index (χ0v) is 19.3. The van der Waals surface area contributed by atoms with Gasteiger partial charge in [-0.15, -0.1) is 4.91 Å². The predicted molar refractivity (Wildman–Crippen MR) is 124 cm³/mol. The average Bonchev–Trinajstić information content (AvgIpc) is 2.85. The van der Waals surface area contributed by atoms with Crippen molar-refractivity contribution in [3.8, 4) is 0 Å². The van der Waals surface area contributed by atoms with E-state index in [2.05, 4.69) is 5.29 Å². The first-order valence-corrected chi connectivity index (χ1v) is 11.3. The lowest BCUT2D eigenvalue weighted by Crippen LogP contribution is -2.56. The highest BCUT2D eigenvalue weighted by Gasteiger charge is 2.41. The van der Waals surface area contributed by atoms with Crippen molar-refractivity contribution in [3.05, 3.63) is 76.2 Å². The van der Waals surface area contributed by atoms with Gasteiger partial charge in [-0.05, 0) is 43.4 Å². The van der Waals surface area contributed by atoms with Crippen LogP contribution in [0.15, 0.2) is 59.9 Å². The molecule has 1 aliphatic heterocycles. The molecule has 3 atom stereocenters. The summed E-state index contributed by atoms with van der Waals surface area (Å²) in [5.41, 5.74) is 2.67. The summed E-state index contributed by atoms with van der Waals surface area (Å²) in [5.74, 6) is -2.38. The molecular weight excluding hydrogens is 438 g/mol. The van der Waals surface area contributed by atoms with Crippen molar-refractivity contribution < 1.29 is 24.2 Å². The molecule has 1 amide bonds. The predicted octanol–water partition coefficient (Wildman–Crippen LogP) is 2.96. The van der Waals surface area contributed by atoms with E-state index in [4.69, 9.17) is 4.74 Å². The number of aliphatic carboxylic acids is 1. The highest BCUT2D eigenvalue weighted by Crippen LogP contribution is 2.26. The van der Waals surface area contributed by atoms with Crippen LogP contribution >= 0.6 is 0 Å². The van der Waals surface area contributed by atoms with Gasteiger partial charge in [0.25, 0.3) is 0 Å². The molecule has 3 unspecified atom stereocenters. The molecule has 3 rings (SSSR count). The van der Waals surface area contributed by atoms with Gasteiger partial charge in [-0.2, -0.15) is 0 Å². The molecule has 1 aliphatic rings. The number of rotatable bonds is 10. The van der Waals surface area contributed by atoms with Crippen molar-refractivity contribution in [1.29, 1.82) is 0 Å². The molecule has 0 saturated carbocycles. The van der Waals surface area contributed by atoms with Crippen LogP contribution < -0.4 is 0 Å². The number of nitroso groups, excluding NO2 is 1. The average molecular weight is 468 g/mol. The fourth-order valence-electron chi connectivity index (χ4n) is 4.27. The van der Waals surface area contributed by atoms with Crippen LogP contribution in [0.4, 0.5) is 0 Å². The van der Waals surface area contributed by atoms with Gasteiger partial charge in [0.15, 0.2) is 0 Å². The van der Waals surface area contributed by atoms with Gasteiger partial charge in [0, 0.05) is 13.0 Å². The number of benzene rings is 2. The number of ether oxygens (including phenoxy) is 1. The summed E-state index contributed by atoms with van der Waals surface area (Å²) in [6, 6.07) is 13.4. The molecule has 180 valence electrons. The molecule has 2 aromatic rings. The number of carbonyl (C=O) groups excluding carboxylic acids is 2. The molecule has 0 saturated heterocycles. The second-order valence-corrected chi connectivity index (χ2v) is 8.22. The molecule has 0 radical (unpaired) electrons. The van der Waals surface area contributed by atoms with Crippen LogP contribution in [0.5, 0.6) is 0 Å². The van der Waals surface area contributed by atoms with Gasteiger partial charge in [-0.1, -0.05) is 54.6 Å². The molecule has 9 nitrogen and oxygen atoms in total. The van der Waals surface area contributed by atoms with Crippen LogP contribution in [-0.4, -0.2) is 57.6 Å². The minimum absolute atomic E-state index is 0.0943. The highest BCUT2D eigenvalue weighted by atomic mass is 16.5. The maximum atomic E-state index is 13.5. The molecule has 0 aromatic heterocycles. The van der Waals surface area contributed by atoms with E-state index in [1.54, 1.807) is 6.92 Å². The van der Waals surface area contributed by atoms with Crippen LogP contribution in [0.2, 0.25) is 0 Å². The van der Waals surface area contributed by atoms with Crippen molar-refractivity contribution in [2.45, 2.75) is 57.8 Å². The van der Waals surface area contributed by atoms with Gasteiger partial charge in [0.05, 0.1) is 11.9 Å². The Labute approximate surface area is 198 Å². The Bertz CT molecular complexity index is 1030. The van der Waals surface area contributed by atoms with E-state index in [1.807, 2.05) is 54.6 Å². The number of hydrogen-bond donors (Lipinski definition) is 1. The molecule has 0 bridgehead atoms. The SMILES string of the molecule is CCOC(=O)C(CCc1ccccc1)N(N=O)C(C)C(=O)N1Cc2ccccc2CC1C(=O)O. The Morgan fingerprint density at radius 2 is 1.76 bits per heavy atom. The van der Waals surface area contributed by atoms with Gasteiger partial charge in [-0.25, -0.2) is 14.6 Å². The van der Waals surface area contributed by atoms with E-state index in [-0.39, 0.29) is 26.0 Å². The van der Waals surface area contributed by atoms with Gasteiger partial charge in [-0.3, -0.25) is 4.79 Å². The third-order valence-electron chi connectivity index (χ3n) is 6.09. The summed E-state index contributed by atoms with van der Waals surface area (Å²) in [5, 5.41) is 13.7. The van der Waals surface area contributed by atoms with Crippen molar-refractivity contribution >= 4 is 17.8 Å². The maximum Gasteiger partial charge on any atom is 0.330 e. The molecule has 0 aliphatic carbocycles. The maximum absolute atomic E-state index is 13.5. The van der Waals surface area contributed by atoms with Crippen molar-refractivity contribution in [3.63, 3.8) is 0 Å². The Balaban J connectivity index is 1.84. The Morgan fingerprint density at radius 1 is 1.12 bits per heavy atom. The summed E-state index contributed by atoms with van der Waals surface area (Å²) in [6.45, 7) is 3.32. The van der Waals surface area contributed by atoms with Crippen LogP contribution in [0, 0.1) is 4.91 Å². The topological polar surface area (TPSA) is 117 Å². The standard InChI is InChI=1S/C25H29N3O6/c1-3-34-25(32)21(14-13-18-9-5-4-6-10-18)28(26-33)17(2)23(29)27-16-20-12-8-7-11-19(20)15-22(27)24(30)31/h4-12,17,21-22H,3,13-16H2,1-2H3,(H,30,31). The molecule has 0 spiro atoms. The third-order valence-corrected chi connectivity index (χ3v) is 6.09. The summed E-state index contributed by atoms with van der Waals surface area (Å²) >= 11 is 0. The number of fused-ring (bicyclic) bond motifs is 1. The lowest BCUT2D eigenvalue weighted by molar-refractivity contribution is -0.158. The lowest BCUT2D eigenvalue weighted by Gasteiger charge is -2.38. The summed E-state index contributed by atoms with van der Waals surface area (Å²) in [4.78, 5) is 51.3. The normalized spacial score (nSPS) is 16.6. The molecule has 9 heteroatoms. The molecule has 0 fully saturated rings. The number of carboxylic acid groups (broad SMARTS) is 1. The number of amides is 1.